The molecule has 8 heteroatoms. The molecule has 2 heterocycles. The third kappa shape index (κ3) is 1.94. The van der Waals surface area contributed by atoms with Crippen LogP contribution in [0.2, 0.25) is 0 Å². The van der Waals surface area contributed by atoms with Crippen molar-refractivity contribution in [3.63, 3.8) is 0 Å². The van der Waals surface area contributed by atoms with E-state index in [-0.39, 0.29) is 0 Å². The fourth-order valence-electron chi connectivity index (χ4n) is 1.03. The highest BCUT2D eigenvalue weighted by molar-refractivity contribution is 7.98. The predicted octanol–water partition coefficient (Wildman–Crippen LogP) is -0.182. The second-order valence-corrected chi connectivity index (χ2v) is 3.93. The Morgan fingerprint density at radius 1 is 1.40 bits per heavy atom. The normalized spacial score (nSPS) is 10.8. The summed E-state index contributed by atoms with van der Waals surface area (Å²) < 4.78 is 3.47. The summed E-state index contributed by atoms with van der Waals surface area (Å²) in [4.78, 5) is 4.11. The molecule has 0 aromatic carbocycles. The molecule has 0 spiro atoms. The molecular weight excluding hydrogens is 214 g/mol. The van der Waals surface area contributed by atoms with Crippen molar-refractivity contribution in [1.82, 2.24) is 29.5 Å². The maximum Gasteiger partial charge on any atom is 0.222 e. The van der Waals surface area contributed by atoms with E-state index in [1.165, 1.54) is 18.1 Å². The molecule has 2 rings (SSSR count). The monoisotopic (exact) mass is 225 g/mol. The van der Waals surface area contributed by atoms with Crippen molar-refractivity contribution in [3.8, 4) is 0 Å². The standard InChI is InChI=1S/C7H11N7S/c1-13-6(8)11-12-7(13)15-3-5-9-4-10-14(5)2/h4H,3H2,1-2H3,(H2,8,11). The zero-order valence-electron chi connectivity index (χ0n) is 8.45. The molecule has 0 aliphatic carbocycles. The van der Waals surface area contributed by atoms with Gasteiger partial charge in [-0.25, -0.2) is 4.98 Å². The Labute approximate surface area is 90.7 Å². The summed E-state index contributed by atoms with van der Waals surface area (Å²) >= 11 is 1.53. The Bertz CT molecular complexity index is 460. The van der Waals surface area contributed by atoms with Crippen molar-refractivity contribution in [2.24, 2.45) is 14.1 Å². The van der Waals surface area contributed by atoms with E-state index in [0.29, 0.717) is 11.7 Å². The van der Waals surface area contributed by atoms with Gasteiger partial charge in [-0.3, -0.25) is 9.25 Å². The fourth-order valence-corrected chi connectivity index (χ4v) is 1.94. The van der Waals surface area contributed by atoms with Crippen LogP contribution >= 0.6 is 11.8 Å². The van der Waals surface area contributed by atoms with Gasteiger partial charge in [-0.2, -0.15) is 5.10 Å². The van der Waals surface area contributed by atoms with Gasteiger partial charge in [-0.1, -0.05) is 11.8 Å². The lowest BCUT2D eigenvalue weighted by molar-refractivity contribution is 0.727. The van der Waals surface area contributed by atoms with Gasteiger partial charge in [-0.15, -0.1) is 10.2 Å². The molecule has 0 aliphatic rings. The minimum atomic E-state index is 0.412. The van der Waals surface area contributed by atoms with E-state index in [1.807, 2.05) is 14.1 Å². The third-order valence-electron chi connectivity index (χ3n) is 2.00. The van der Waals surface area contributed by atoms with Crippen LogP contribution in [0.25, 0.3) is 0 Å². The zero-order valence-corrected chi connectivity index (χ0v) is 9.27. The number of nitrogen functional groups attached to an aromatic ring is 1. The summed E-state index contributed by atoms with van der Waals surface area (Å²) in [5, 5.41) is 12.5. The summed E-state index contributed by atoms with van der Waals surface area (Å²) in [6.07, 6.45) is 1.53. The number of rotatable bonds is 3. The van der Waals surface area contributed by atoms with Crippen molar-refractivity contribution >= 4 is 17.7 Å². The average molecular weight is 225 g/mol. The van der Waals surface area contributed by atoms with Crippen LogP contribution in [0.15, 0.2) is 11.5 Å². The van der Waals surface area contributed by atoms with Crippen molar-refractivity contribution in [3.05, 3.63) is 12.2 Å². The number of nitrogens with two attached hydrogens (primary N) is 1. The lowest BCUT2D eigenvalue weighted by Crippen LogP contribution is -2.00. The van der Waals surface area contributed by atoms with Crippen LogP contribution in [0.3, 0.4) is 0 Å². The van der Waals surface area contributed by atoms with Crippen molar-refractivity contribution < 1.29 is 0 Å². The van der Waals surface area contributed by atoms with E-state index in [0.717, 1.165) is 11.0 Å². The smallest absolute Gasteiger partial charge is 0.222 e. The summed E-state index contributed by atoms with van der Waals surface area (Å²) in [6, 6.07) is 0. The van der Waals surface area contributed by atoms with Crippen LogP contribution in [0.4, 0.5) is 5.95 Å². The number of nitrogens with zero attached hydrogens (tertiary/aromatic N) is 6. The molecule has 0 saturated heterocycles. The van der Waals surface area contributed by atoms with Gasteiger partial charge < -0.3 is 5.73 Å². The van der Waals surface area contributed by atoms with E-state index < -0.39 is 0 Å². The fraction of sp³-hybridized carbons (Fsp3) is 0.429. The number of hydrogen-bond donors (Lipinski definition) is 1. The van der Waals surface area contributed by atoms with E-state index in [2.05, 4.69) is 20.3 Å². The molecular formula is C7H11N7S. The molecule has 0 unspecified atom stereocenters. The number of aromatic nitrogens is 6. The van der Waals surface area contributed by atoms with Crippen molar-refractivity contribution in [1.29, 1.82) is 0 Å². The molecule has 15 heavy (non-hydrogen) atoms. The summed E-state index contributed by atoms with van der Waals surface area (Å²) in [5.41, 5.74) is 5.56. The Kier molecular flexibility index (Phi) is 2.58. The SMILES string of the molecule is Cn1ncnc1CSc1nnc(N)n1C. The van der Waals surface area contributed by atoms with Crippen molar-refractivity contribution in [2.45, 2.75) is 10.9 Å². The molecule has 2 aromatic heterocycles. The van der Waals surface area contributed by atoms with E-state index >= 15 is 0 Å². The quantitative estimate of drug-likeness (QED) is 0.729. The predicted molar refractivity (Wildman–Crippen MR) is 56.0 cm³/mol. The Balaban J connectivity index is 2.05. The Morgan fingerprint density at radius 3 is 2.73 bits per heavy atom. The van der Waals surface area contributed by atoms with Gasteiger partial charge in [0.25, 0.3) is 0 Å². The summed E-state index contributed by atoms with van der Waals surface area (Å²) in [5.74, 6) is 2.00. The maximum absolute atomic E-state index is 5.56. The number of hydrogen-bond acceptors (Lipinski definition) is 6. The molecule has 0 amide bonds. The molecule has 0 fully saturated rings. The molecule has 2 aromatic rings. The molecule has 0 radical (unpaired) electrons. The molecule has 80 valence electrons. The Hall–Kier alpha value is -1.57. The second-order valence-electron chi connectivity index (χ2n) is 2.99. The molecule has 0 bridgehead atoms. The van der Waals surface area contributed by atoms with E-state index in [1.54, 1.807) is 9.25 Å². The molecule has 0 atom stereocenters. The lowest BCUT2D eigenvalue weighted by Gasteiger charge is -2.00. The number of anilines is 1. The lowest BCUT2D eigenvalue weighted by atomic mass is 10.7. The average Bonchev–Trinajstić information content (AvgIpc) is 2.74. The van der Waals surface area contributed by atoms with Crippen LogP contribution in [-0.2, 0) is 19.8 Å². The molecule has 2 N–H and O–H groups in total. The van der Waals surface area contributed by atoms with E-state index in [9.17, 15) is 0 Å². The minimum absolute atomic E-state index is 0.412. The second kappa shape index (κ2) is 3.89. The van der Waals surface area contributed by atoms with Crippen LogP contribution in [-0.4, -0.2) is 29.5 Å². The maximum atomic E-state index is 5.56. The topological polar surface area (TPSA) is 87.4 Å². The van der Waals surface area contributed by atoms with Gasteiger partial charge in [-0.05, 0) is 0 Å². The van der Waals surface area contributed by atoms with Gasteiger partial charge in [0.1, 0.15) is 12.2 Å². The van der Waals surface area contributed by atoms with Gasteiger partial charge in [0.05, 0.1) is 5.75 Å². The van der Waals surface area contributed by atoms with Crippen LogP contribution in [0, 0.1) is 0 Å². The van der Waals surface area contributed by atoms with Gasteiger partial charge >= 0.3 is 0 Å². The summed E-state index contributed by atoms with van der Waals surface area (Å²) in [7, 11) is 3.68. The number of thioether (sulfide) groups is 1. The van der Waals surface area contributed by atoms with Crippen LogP contribution in [0.1, 0.15) is 5.82 Å². The largest absolute Gasteiger partial charge is 0.368 e. The van der Waals surface area contributed by atoms with Crippen LogP contribution < -0.4 is 5.73 Å². The number of aryl methyl sites for hydroxylation is 1. The summed E-state index contributed by atoms with van der Waals surface area (Å²) in [6.45, 7) is 0. The highest BCUT2D eigenvalue weighted by Gasteiger charge is 2.08. The highest BCUT2D eigenvalue weighted by Crippen LogP contribution is 2.19. The zero-order chi connectivity index (χ0) is 10.8. The molecule has 0 saturated carbocycles. The van der Waals surface area contributed by atoms with Gasteiger partial charge in [0.15, 0.2) is 5.16 Å². The first kappa shape index (κ1) is 9.97. The van der Waals surface area contributed by atoms with Crippen molar-refractivity contribution in [2.75, 3.05) is 5.73 Å². The van der Waals surface area contributed by atoms with E-state index in [4.69, 9.17) is 5.73 Å². The van der Waals surface area contributed by atoms with Gasteiger partial charge in [0.2, 0.25) is 5.95 Å². The first-order chi connectivity index (χ1) is 7.18. The van der Waals surface area contributed by atoms with Gasteiger partial charge in [0, 0.05) is 14.1 Å². The first-order valence-electron chi connectivity index (χ1n) is 4.29. The highest BCUT2D eigenvalue weighted by atomic mass is 32.2. The van der Waals surface area contributed by atoms with Crippen LogP contribution in [0.5, 0.6) is 0 Å². The minimum Gasteiger partial charge on any atom is -0.368 e. The molecule has 0 aliphatic heterocycles. The third-order valence-corrected chi connectivity index (χ3v) is 3.02. The Morgan fingerprint density at radius 2 is 2.20 bits per heavy atom. The molecule has 7 nitrogen and oxygen atoms in total. The first-order valence-corrected chi connectivity index (χ1v) is 5.27.